The molecule has 0 unspecified atom stereocenters. The van der Waals surface area contributed by atoms with Crippen LogP contribution in [0.1, 0.15) is 26.2 Å². The van der Waals surface area contributed by atoms with Gasteiger partial charge in [0.15, 0.2) is 11.5 Å². The molecule has 1 saturated heterocycles. The van der Waals surface area contributed by atoms with Crippen molar-refractivity contribution in [2.45, 2.75) is 26.2 Å². The third-order valence-corrected chi connectivity index (χ3v) is 4.52. The molecule has 7 nitrogen and oxygen atoms in total. The van der Waals surface area contributed by atoms with Gasteiger partial charge in [-0.25, -0.2) is 9.97 Å². The second-order valence-electron chi connectivity index (χ2n) is 6.20. The van der Waals surface area contributed by atoms with E-state index >= 15 is 0 Å². The highest BCUT2D eigenvalue weighted by Crippen LogP contribution is 2.21. The predicted molar refractivity (Wildman–Crippen MR) is 93.0 cm³/mol. The van der Waals surface area contributed by atoms with Crippen molar-refractivity contribution in [3.8, 4) is 0 Å². The number of fused-ring (bicyclic) bond motifs is 1. The Morgan fingerprint density at radius 2 is 2.12 bits per heavy atom. The van der Waals surface area contributed by atoms with Crippen molar-refractivity contribution < 1.29 is 4.79 Å². The van der Waals surface area contributed by atoms with Crippen LogP contribution < -0.4 is 15.8 Å². The molecule has 0 spiro atoms. The maximum Gasteiger partial charge on any atom is 0.294 e. The van der Waals surface area contributed by atoms with Crippen LogP contribution in [0.2, 0.25) is 0 Å². The van der Waals surface area contributed by atoms with Crippen molar-refractivity contribution in [1.29, 1.82) is 0 Å². The summed E-state index contributed by atoms with van der Waals surface area (Å²) in [5, 5.41) is 2.95. The van der Waals surface area contributed by atoms with Crippen molar-refractivity contribution in [2.24, 2.45) is 13.0 Å². The summed E-state index contributed by atoms with van der Waals surface area (Å²) in [5.41, 5.74) is 1.15. The Morgan fingerprint density at radius 3 is 2.83 bits per heavy atom. The number of hydrogen-bond donors (Lipinski definition) is 1. The van der Waals surface area contributed by atoms with E-state index in [1.807, 2.05) is 24.0 Å². The minimum atomic E-state index is -0.143. The molecule has 2 aromatic rings. The predicted octanol–water partition coefficient (Wildman–Crippen LogP) is 1.07. The van der Waals surface area contributed by atoms with Crippen molar-refractivity contribution >= 4 is 22.9 Å². The van der Waals surface area contributed by atoms with Gasteiger partial charge in [0.25, 0.3) is 5.56 Å². The highest BCUT2D eigenvalue weighted by atomic mass is 16.2. The average Bonchev–Trinajstić information content (AvgIpc) is 2.63. The largest absolute Gasteiger partial charge is 0.356 e. The summed E-state index contributed by atoms with van der Waals surface area (Å²) in [6, 6.07) is 3.67. The summed E-state index contributed by atoms with van der Waals surface area (Å²) >= 11 is 0. The number of carbonyl (C=O) groups excluding carboxylic acids is 1. The van der Waals surface area contributed by atoms with Crippen LogP contribution in [0.3, 0.4) is 0 Å². The van der Waals surface area contributed by atoms with Gasteiger partial charge in [0.05, 0.1) is 0 Å². The molecule has 0 radical (unpaired) electrons. The number of anilines is 1. The van der Waals surface area contributed by atoms with Crippen molar-refractivity contribution in [2.75, 3.05) is 24.5 Å². The van der Waals surface area contributed by atoms with E-state index in [1.54, 1.807) is 13.2 Å². The van der Waals surface area contributed by atoms with Gasteiger partial charge >= 0.3 is 0 Å². The number of piperidine rings is 1. The van der Waals surface area contributed by atoms with Gasteiger partial charge in [0, 0.05) is 38.8 Å². The molecule has 7 heteroatoms. The molecule has 1 N–H and O–H groups in total. The van der Waals surface area contributed by atoms with Gasteiger partial charge < -0.3 is 10.2 Å². The van der Waals surface area contributed by atoms with E-state index in [4.69, 9.17) is 0 Å². The Balaban J connectivity index is 1.77. The molecule has 0 bridgehead atoms. The number of carbonyl (C=O) groups is 1. The molecule has 1 amide bonds. The van der Waals surface area contributed by atoms with E-state index in [0.717, 1.165) is 25.8 Å². The van der Waals surface area contributed by atoms with Crippen LogP contribution in [0.4, 0.5) is 5.82 Å². The highest BCUT2D eigenvalue weighted by molar-refractivity contribution is 5.79. The fourth-order valence-corrected chi connectivity index (χ4v) is 3.09. The number of hydrogen-bond acceptors (Lipinski definition) is 5. The fraction of sp³-hybridized carbons (Fsp3) is 0.529. The molecular weight excluding hydrogens is 306 g/mol. The van der Waals surface area contributed by atoms with E-state index in [-0.39, 0.29) is 17.4 Å². The highest BCUT2D eigenvalue weighted by Gasteiger charge is 2.27. The van der Waals surface area contributed by atoms with E-state index in [9.17, 15) is 9.59 Å². The minimum Gasteiger partial charge on any atom is -0.356 e. The maximum atomic E-state index is 12.6. The summed E-state index contributed by atoms with van der Waals surface area (Å²) in [4.78, 5) is 35.4. The first-order valence-corrected chi connectivity index (χ1v) is 8.46. The Bertz CT molecular complexity index is 793. The van der Waals surface area contributed by atoms with Gasteiger partial charge in [-0.1, -0.05) is 6.92 Å². The summed E-state index contributed by atoms with van der Waals surface area (Å²) < 4.78 is 1.54. The first-order valence-electron chi connectivity index (χ1n) is 8.46. The average molecular weight is 329 g/mol. The molecule has 1 aliphatic rings. The SMILES string of the molecule is CCCNC(=O)C1CCN(c2nc3cccnc3n(C)c2=O)CC1. The Hall–Kier alpha value is -2.44. The molecule has 3 rings (SSSR count). The third kappa shape index (κ3) is 3.11. The second kappa shape index (κ2) is 6.98. The van der Waals surface area contributed by atoms with Crippen LogP contribution in [-0.4, -0.2) is 40.1 Å². The molecule has 3 heterocycles. The Kier molecular flexibility index (Phi) is 4.78. The van der Waals surface area contributed by atoms with E-state index in [2.05, 4.69) is 15.3 Å². The number of aryl methyl sites for hydroxylation is 1. The van der Waals surface area contributed by atoms with E-state index in [1.165, 1.54) is 4.57 Å². The quantitative estimate of drug-likeness (QED) is 0.907. The zero-order chi connectivity index (χ0) is 17.1. The van der Waals surface area contributed by atoms with Crippen LogP contribution in [0.15, 0.2) is 23.1 Å². The molecule has 0 aliphatic carbocycles. The molecule has 0 saturated carbocycles. The molecular formula is C17H23N5O2. The lowest BCUT2D eigenvalue weighted by atomic mass is 9.96. The molecule has 0 aromatic carbocycles. The maximum absolute atomic E-state index is 12.6. The fourth-order valence-electron chi connectivity index (χ4n) is 3.09. The first kappa shape index (κ1) is 16.4. The van der Waals surface area contributed by atoms with Gasteiger partial charge in [-0.15, -0.1) is 0 Å². The number of aromatic nitrogens is 3. The molecule has 2 aromatic heterocycles. The summed E-state index contributed by atoms with van der Waals surface area (Å²) in [6.45, 7) is 4.09. The van der Waals surface area contributed by atoms with Crippen LogP contribution in [-0.2, 0) is 11.8 Å². The summed E-state index contributed by atoms with van der Waals surface area (Å²) in [6.07, 6.45) is 4.08. The normalized spacial score (nSPS) is 15.7. The molecule has 0 atom stereocenters. The number of rotatable bonds is 4. The zero-order valence-corrected chi connectivity index (χ0v) is 14.2. The minimum absolute atomic E-state index is 0.0266. The number of amides is 1. The van der Waals surface area contributed by atoms with Crippen LogP contribution >= 0.6 is 0 Å². The van der Waals surface area contributed by atoms with Gasteiger partial charge in [0.2, 0.25) is 5.91 Å². The lowest BCUT2D eigenvalue weighted by Gasteiger charge is -2.31. The van der Waals surface area contributed by atoms with Crippen molar-refractivity contribution in [3.05, 3.63) is 28.7 Å². The monoisotopic (exact) mass is 329 g/mol. The lowest BCUT2D eigenvalue weighted by Crippen LogP contribution is -2.43. The molecule has 24 heavy (non-hydrogen) atoms. The van der Waals surface area contributed by atoms with Crippen LogP contribution in [0, 0.1) is 5.92 Å². The Labute approximate surface area is 140 Å². The standard InChI is InChI=1S/C17H23N5O2/c1-3-8-19-16(23)12-6-10-22(11-7-12)15-17(24)21(2)14-13(20-15)5-4-9-18-14/h4-5,9,12H,3,6-8,10-11H2,1-2H3,(H,19,23). The molecule has 1 fully saturated rings. The van der Waals surface area contributed by atoms with Gasteiger partial charge in [0.1, 0.15) is 5.52 Å². The number of nitrogens with zero attached hydrogens (tertiary/aromatic N) is 4. The summed E-state index contributed by atoms with van der Waals surface area (Å²) in [5.74, 6) is 0.601. The topological polar surface area (TPSA) is 80.1 Å². The lowest BCUT2D eigenvalue weighted by molar-refractivity contribution is -0.125. The van der Waals surface area contributed by atoms with Gasteiger partial charge in [-0.2, -0.15) is 0 Å². The smallest absolute Gasteiger partial charge is 0.294 e. The molecule has 128 valence electrons. The molecule has 1 aliphatic heterocycles. The Morgan fingerprint density at radius 1 is 1.38 bits per heavy atom. The third-order valence-electron chi connectivity index (χ3n) is 4.52. The van der Waals surface area contributed by atoms with Gasteiger partial charge in [-0.05, 0) is 31.4 Å². The van der Waals surface area contributed by atoms with Gasteiger partial charge in [-0.3, -0.25) is 14.2 Å². The van der Waals surface area contributed by atoms with Crippen LogP contribution in [0.5, 0.6) is 0 Å². The van der Waals surface area contributed by atoms with Crippen molar-refractivity contribution in [1.82, 2.24) is 19.9 Å². The number of pyridine rings is 1. The van der Waals surface area contributed by atoms with Crippen LogP contribution in [0.25, 0.3) is 11.2 Å². The second-order valence-corrected chi connectivity index (χ2v) is 6.20. The first-order chi connectivity index (χ1) is 11.6. The summed E-state index contributed by atoms with van der Waals surface area (Å²) in [7, 11) is 1.72. The van der Waals surface area contributed by atoms with E-state index in [0.29, 0.717) is 30.1 Å². The van der Waals surface area contributed by atoms with E-state index < -0.39 is 0 Å². The zero-order valence-electron chi connectivity index (χ0n) is 14.2. The number of nitrogens with one attached hydrogen (secondary N) is 1. The van der Waals surface area contributed by atoms with Crippen molar-refractivity contribution in [3.63, 3.8) is 0 Å².